The molecule has 16 heavy (non-hydrogen) atoms. The molecule has 1 fully saturated rings. The summed E-state index contributed by atoms with van der Waals surface area (Å²) in [5.41, 5.74) is 0. The Labute approximate surface area is 99.4 Å². The molecule has 1 aliphatic heterocycles. The highest BCUT2D eigenvalue weighted by atomic mass is 16.1. The van der Waals surface area contributed by atoms with Crippen LogP contribution in [-0.2, 0) is 4.79 Å². The van der Waals surface area contributed by atoms with Gasteiger partial charge in [-0.3, -0.25) is 4.79 Å². The SMILES string of the molecule is CCCCC(CC)C(=O)NCC1CCNC1. The summed E-state index contributed by atoms with van der Waals surface area (Å²) in [6.45, 7) is 7.31. The Bertz CT molecular complexity index is 200. The average molecular weight is 226 g/mol. The molecule has 3 nitrogen and oxygen atoms in total. The molecular formula is C13H26N2O. The molecule has 0 aromatic carbocycles. The molecule has 2 unspecified atom stereocenters. The van der Waals surface area contributed by atoms with Crippen molar-refractivity contribution in [2.75, 3.05) is 19.6 Å². The first-order valence-electron chi connectivity index (χ1n) is 6.76. The van der Waals surface area contributed by atoms with E-state index in [9.17, 15) is 4.79 Å². The lowest BCUT2D eigenvalue weighted by molar-refractivity contribution is -0.125. The van der Waals surface area contributed by atoms with Crippen LogP contribution in [0, 0.1) is 11.8 Å². The van der Waals surface area contributed by atoms with Crippen molar-refractivity contribution >= 4 is 5.91 Å². The summed E-state index contributed by atoms with van der Waals surface area (Å²) >= 11 is 0. The zero-order chi connectivity index (χ0) is 11.8. The van der Waals surface area contributed by atoms with Crippen molar-refractivity contribution in [3.05, 3.63) is 0 Å². The van der Waals surface area contributed by atoms with Gasteiger partial charge in [0.2, 0.25) is 5.91 Å². The monoisotopic (exact) mass is 226 g/mol. The Hall–Kier alpha value is -0.570. The van der Waals surface area contributed by atoms with E-state index in [1.807, 2.05) is 0 Å². The van der Waals surface area contributed by atoms with Gasteiger partial charge < -0.3 is 10.6 Å². The van der Waals surface area contributed by atoms with Crippen LogP contribution in [0.25, 0.3) is 0 Å². The fraction of sp³-hybridized carbons (Fsp3) is 0.923. The first-order valence-corrected chi connectivity index (χ1v) is 6.76. The number of unbranched alkanes of at least 4 members (excludes halogenated alkanes) is 1. The van der Waals surface area contributed by atoms with E-state index < -0.39 is 0 Å². The minimum atomic E-state index is 0.231. The lowest BCUT2D eigenvalue weighted by Gasteiger charge is -2.16. The average Bonchev–Trinajstić information content (AvgIpc) is 2.80. The van der Waals surface area contributed by atoms with Crippen molar-refractivity contribution in [2.45, 2.75) is 46.0 Å². The van der Waals surface area contributed by atoms with E-state index >= 15 is 0 Å². The minimum absolute atomic E-state index is 0.231. The van der Waals surface area contributed by atoms with Crippen LogP contribution >= 0.6 is 0 Å². The first-order chi connectivity index (χ1) is 7.77. The first kappa shape index (κ1) is 13.5. The summed E-state index contributed by atoms with van der Waals surface area (Å²) in [5, 5.41) is 6.43. The van der Waals surface area contributed by atoms with Gasteiger partial charge in [0, 0.05) is 12.5 Å². The topological polar surface area (TPSA) is 41.1 Å². The van der Waals surface area contributed by atoms with Gasteiger partial charge in [0.1, 0.15) is 0 Å². The molecule has 1 amide bonds. The van der Waals surface area contributed by atoms with E-state index in [4.69, 9.17) is 0 Å². The van der Waals surface area contributed by atoms with Gasteiger partial charge in [0.05, 0.1) is 0 Å². The van der Waals surface area contributed by atoms with E-state index in [0.717, 1.165) is 38.9 Å². The van der Waals surface area contributed by atoms with E-state index in [-0.39, 0.29) is 11.8 Å². The highest BCUT2D eigenvalue weighted by Crippen LogP contribution is 2.13. The largest absolute Gasteiger partial charge is 0.356 e. The van der Waals surface area contributed by atoms with Gasteiger partial charge in [0.15, 0.2) is 0 Å². The van der Waals surface area contributed by atoms with Crippen LogP contribution in [0.5, 0.6) is 0 Å². The molecule has 0 spiro atoms. The summed E-state index contributed by atoms with van der Waals surface area (Å²) in [7, 11) is 0. The molecule has 1 aliphatic rings. The maximum Gasteiger partial charge on any atom is 0.223 e. The van der Waals surface area contributed by atoms with Gasteiger partial charge in [0.25, 0.3) is 0 Å². The van der Waals surface area contributed by atoms with Crippen LogP contribution in [0.2, 0.25) is 0 Å². The molecule has 0 saturated carbocycles. The fourth-order valence-corrected chi connectivity index (χ4v) is 2.25. The van der Waals surface area contributed by atoms with Crippen molar-refractivity contribution < 1.29 is 4.79 Å². The number of hydrogen-bond donors (Lipinski definition) is 2. The summed E-state index contributed by atoms with van der Waals surface area (Å²) in [6, 6.07) is 0. The minimum Gasteiger partial charge on any atom is -0.356 e. The van der Waals surface area contributed by atoms with Crippen LogP contribution in [0.15, 0.2) is 0 Å². The maximum absolute atomic E-state index is 11.9. The molecule has 0 radical (unpaired) electrons. The lowest BCUT2D eigenvalue weighted by Crippen LogP contribution is -2.34. The van der Waals surface area contributed by atoms with Crippen LogP contribution in [0.4, 0.5) is 0 Å². The molecule has 0 aromatic heterocycles. The summed E-state index contributed by atoms with van der Waals surface area (Å²) < 4.78 is 0. The Morgan fingerprint density at radius 3 is 2.88 bits per heavy atom. The van der Waals surface area contributed by atoms with Gasteiger partial charge in [-0.05, 0) is 38.3 Å². The molecule has 1 saturated heterocycles. The van der Waals surface area contributed by atoms with Gasteiger partial charge >= 0.3 is 0 Å². The molecule has 2 atom stereocenters. The van der Waals surface area contributed by atoms with Crippen LogP contribution in [-0.4, -0.2) is 25.5 Å². The molecular weight excluding hydrogens is 200 g/mol. The zero-order valence-corrected chi connectivity index (χ0v) is 10.7. The molecule has 2 N–H and O–H groups in total. The fourth-order valence-electron chi connectivity index (χ4n) is 2.25. The second-order valence-corrected chi connectivity index (χ2v) is 4.85. The number of carbonyl (C=O) groups excluding carboxylic acids is 1. The quantitative estimate of drug-likeness (QED) is 0.696. The van der Waals surface area contributed by atoms with Crippen LogP contribution in [0.1, 0.15) is 46.0 Å². The van der Waals surface area contributed by atoms with Gasteiger partial charge in [-0.25, -0.2) is 0 Å². The van der Waals surface area contributed by atoms with Crippen molar-refractivity contribution in [1.29, 1.82) is 0 Å². The molecule has 3 heteroatoms. The smallest absolute Gasteiger partial charge is 0.223 e. The van der Waals surface area contributed by atoms with E-state index in [1.165, 1.54) is 12.8 Å². The number of amides is 1. The second-order valence-electron chi connectivity index (χ2n) is 4.85. The molecule has 0 bridgehead atoms. The highest BCUT2D eigenvalue weighted by Gasteiger charge is 2.19. The summed E-state index contributed by atoms with van der Waals surface area (Å²) in [5.74, 6) is 1.14. The lowest BCUT2D eigenvalue weighted by atomic mass is 9.98. The normalized spacial score (nSPS) is 22.0. The number of rotatable bonds is 7. The maximum atomic E-state index is 11.9. The Kier molecular flexibility index (Phi) is 6.46. The van der Waals surface area contributed by atoms with Gasteiger partial charge in [-0.15, -0.1) is 0 Å². The van der Waals surface area contributed by atoms with Crippen LogP contribution < -0.4 is 10.6 Å². The van der Waals surface area contributed by atoms with Gasteiger partial charge in [-0.2, -0.15) is 0 Å². The Balaban J connectivity index is 2.19. The van der Waals surface area contributed by atoms with Crippen molar-refractivity contribution in [3.63, 3.8) is 0 Å². The second kappa shape index (κ2) is 7.66. The number of carbonyl (C=O) groups is 1. The Morgan fingerprint density at radius 1 is 1.50 bits per heavy atom. The van der Waals surface area contributed by atoms with E-state index in [0.29, 0.717) is 5.92 Å². The van der Waals surface area contributed by atoms with E-state index in [2.05, 4.69) is 24.5 Å². The predicted molar refractivity (Wildman–Crippen MR) is 67.3 cm³/mol. The third kappa shape index (κ3) is 4.52. The van der Waals surface area contributed by atoms with E-state index in [1.54, 1.807) is 0 Å². The van der Waals surface area contributed by atoms with Crippen LogP contribution in [0.3, 0.4) is 0 Å². The Morgan fingerprint density at radius 2 is 2.31 bits per heavy atom. The van der Waals surface area contributed by atoms with Gasteiger partial charge in [-0.1, -0.05) is 26.7 Å². The zero-order valence-electron chi connectivity index (χ0n) is 10.7. The highest BCUT2D eigenvalue weighted by molar-refractivity contribution is 5.78. The predicted octanol–water partition coefficient (Wildman–Crippen LogP) is 1.93. The van der Waals surface area contributed by atoms with Crippen molar-refractivity contribution in [2.24, 2.45) is 11.8 Å². The molecule has 94 valence electrons. The molecule has 1 heterocycles. The van der Waals surface area contributed by atoms with Crippen molar-refractivity contribution in [1.82, 2.24) is 10.6 Å². The van der Waals surface area contributed by atoms with Crippen molar-refractivity contribution in [3.8, 4) is 0 Å². The third-order valence-electron chi connectivity index (χ3n) is 3.50. The molecule has 1 rings (SSSR count). The summed E-state index contributed by atoms with van der Waals surface area (Å²) in [6.07, 6.45) is 5.55. The molecule has 0 aromatic rings. The number of nitrogens with one attached hydrogen (secondary N) is 2. The number of hydrogen-bond acceptors (Lipinski definition) is 2. The molecule has 0 aliphatic carbocycles. The summed E-state index contributed by atoms with van der Waals surface area (Å²) in [4.78, 5) is 11.9. The standard InChI is InChI=1S/C13H26N2O/c1-3-5-6-12(4-2)13(16)15-10-11-7-8-14-9-11/h11-12,14H,3-10H2,1-2H3,(H,15,16). The third-order valence-corrected chi connectivity index (χ3v) is 3.50.